The van der Waals surface area contributed by atoms with Crippen LogP contribution in [0.2, 0.25) is 10.0 Å². The number of anilines is 2. The molecule has 1 aliphatic heterocycles. The van der Waals surface area contributed by atoms with Crippen molar-refractivity contribution in [3.05, 3.63) is 100.0 Å². The van der Waals surface area contributed by atoms with E-state index in [9.17, 15) is 4.79 Å². The number of nitrogens with one attached hydrogen (secondary N) is 2. The number of thiocarbonyl (C=S) groups is 1. The van der Waals surface area contributed by atoms with E-state index in [0.29, 0.717) is 32.4 Å². The summed E-state index contributed by atoms with van der Waals surface area (Å²) >= 11 is 18.4. The Morgan fingerprint density at radius 1 is 1.16 bits per heavy atom. The van der Waals surface area contributed by atoms with E-state index in [4.69, 9.17) is 44.6 Å². The van der Waals surface area contributed by atoms with Crippen LogP contribution in [-0.4, -0.2) is 29.7 Å². The number of aryl methyl sites for hydroxylation is 1. The Kier molecular flexibility index (Phi) is 7.67. The SMILES string of the molecule is COCC(=O)Nc1ccc(N2C(=S)N[C@H](c3ccccn3)[C@H]2c2ccc(-c3ccc(Cl)cc3Cl)o2)cc1C. The number of hydrogen-bond donors (Lipinski definition) is 2. The highest BCUT2D eigenvalue weighted by Crippen LogP contribution is 2.44. The van der Waals surface area contributed by atoms with Crippen LogP contribution in [0, 0.1) is 6.92 Å². The van der Waals surface area contributed by atoms with Gasteiger partial charge in [0.15, 0.2) is 5.11 Å². The van der Waals surface area contributed by atoms with Gasteiger partial charge in [-0.2, -0.15) is 0 Å². The van der Waals surface area contributed by atoms with E-state index < -0.39 is 0 Å². The van der Waals surface area contributed by atoms with Crippen molar-refractivity contribution >= 4 is 57.8 Å². The molecule has 0 unspecified atom stereocenters. The molecule has 194 valence electrons. The maximum atomic E-state index is 12.0. The van der Waals surface area contributed by atoms with E-state index in [1.807, 2.05) is 66.4 Å². The molecule has 0 radical (unpaired) electrons. The van der Waals surface area contributed by atoms with E-state index in [1.54, 1.807) is 18.3 Å². The third-order valence-electron chi connectivity index (χ3n) is 6.25. The fourth-order valence-corrected chi connectivity index (χ4v) is 5.37. The summed E-state index contributed by atoms with van der Waals surface area (Å²) in [5, 5.41) is 7.87. The molecule has 0 aliphatic carbocycles. The van der Waals surface area contributed by atoms with E-state index in [1.165, 1.54) is 7.11 Å². The number of rotatable bonds is 7. The van der Waals surface area contributed by atoms with Crippen LogP contribution in [0.1, 0.15) is 29.1 Å². The predicted octanol–water partition coefficient (Wildman–Crippen LogP) is 6.72. The molecule has 1 fully saturated rings. The van der Waals surface area contributed by atoms with Gasteiger partial charge in [0.1, 0.15) is 24.2 Å². The van der Waals surface area contributed by atoms with E-state index in [0.717, 1.165) is 22.5 Å². The van der Waals surface area contributed by atoms with Gasteiger partial charge in [-0.25, -0.2) is 0 Å². The Morgan fingerprint density at radius 3 is 2.71 bits per heavy atom. The number of halogens is 2. The molecule has 0 spiro atoms. The smallest absolute Gasteiger partial charge is 0.250 e. The molecule has 38 heavy (non-hydrogen) atoms. The molecule has 10 heteroatoms. The summed E-state index contributed by atoms with van der Waals surface area (Å²) in [6.45, 7) is 1.91. The zero-order chi connectivity index (χ0) is 26.8. The number of hydrogen-bond acceptors (Lipinski definition) is 5. The molecule has 2 N–H and O–H groups in total. The lowest BCUT2D eigenvalue weighted by Crippen LogP contribution is -2.29. The van der Waals surface area contributed by atoms with E-state index in [-0.39, 0.29) is 24.6 Å². The third kappa shape index (κ3) is 5.26. The zero-order valence-corrected chi connectivity index (χ0v) is 22.9. The molecular weight excluding hydrogens is 543 g/mol. The highest BCUT2D eigenvalue weighted by molar-refractivity contribution is 7.80. The van der Waals surface area contributed by atoms with Crippen LogP contribution in [0.5, 0.6) is 0 Å². The van der Waals surface area contributed by atoms with Crippen molar-refractivity contribution < 1.29 is 13.9 Å². The maximum Gasteiger partial charge on any atom is 0.250 e. The molecule has 2 aromatic heterocycles. The first kappa shape index (κ1) is 26.2. The molecule has 2 atom stereocenters. The first-order chi connectivity index (χ1) is 18.4. The van der Waals surface area contributed by atoms with E-state index >= 15 is 0 Å². The summed E-state index contributed by atoms with van der Waals surface area (Å²) in [4.78, 5) is 18.6. The summed E-state index contributed by atoms with van der Waals surface area (Å²) in [5.41, 5.74) is 3.98. The summed E-state index contributed by atoms with van der Waals surface area (Å²) in [5.74, 6) is 1.08. The van der Waals surface area contributed by atoms with Crippen molar-refractivity contribution in [1.82, 2.24) is 10.3 Å². The van der Waals surface area contributed by atoms with Gasteiger partial charge in [-0.15, -0.1) is 0 Å². The topological polar surface area (TPSA) is 79.6 Å². The first-order valence-electron chi connectivity index (χ1n) is 11.8. The van der Waals surface area contributed by atoms with Crippen LogP contribution in [0.15, 0.2) is 77.3 Å². The van der Waals surface area contributed by atoms with Gasteiger partial charge < -0.3 is 24.7 Å². The zero-order valence-electron chi connectivity index (χ0n) is 20.6. The lowest BCUT2D eigenvalue weighted by atomic mass is 10.0. The lowest BCUT2D eigenvalue weighted by molar-refractivity contribution is -0.119. The van der Waals surface area contributed by atoms with Crippen LogP contribution in [-0.2, 0) is 9.53 Å². The Bertz CT molecular complexity index is 1490. The molecule has 0 saturated carbocycles. The average molecular weight is 567 g/mol. The normalized spacial score (nSPS) is 16.9. The Labute approximate surface area is 235 Å². The molecule has 1 saturated heterocycles. The third-order valence-corrected chi connectivity index (χ3v) is 7.11. The minimum Gasteiger partial charge on any atom is -0.459 e. The quantitative estimate of drug-likeness (QED) is 0.240. The van der Waals surface area contributed by atoms with Crippen molar-refractivity contribution in [1.29, 1.82) is 0 Å². The molecule has 0 bridgehead atoms. The molecule has 1 aliphatic rings. The van der Waals surface area contributed by atoms with Crippen molar-refractivity contribution in [2.24, 2.45) is 0 Å². The molecule has 1 amide bonds. The highest BCUT2D eigenvalue weighted by atomic mass is 35.5. The number of methoxy groups -OCH3 is 1. The van der Waals surface area contributed by atoms with Gasteiger partial charge in [0.2, 0.25) is 5.91 Å². The number of aromatic nitrogens is 1. The van der Waals surface area contributed by atoms with Gasteiger partial charge in [-0.05, 0) is 85.4 Å². The minimum atomic E-state index is -0.342. The Morgan fingerprint density at radius 2 is 2.00 bits per heavy atom. The van der Waals surface area contributed by atoms with Gasteiger partial charge in [-0.3, -0.25) is 9.78 Å². The maximum absolute atomic E-state index is 12.0. The molecule has 5 rings (SSSR count). The van der Waals surface area contributed by atoms with Crippen molar-refractivity contribution in [3.8, 4) is 11.3 Å². The lowest BCUT2D eigenvalue weighted by Gasteiger charge is -2.27. The van der Waals surface area contributed by atoms with Crippen LogP contribution in [0.4, 0.5) is 11.4 Å². The molecule has 2 aromatic carbocycles. The second-order valence-corrected chi connectivity index (χ2v) is 10.0. The number of amides is 1. The Balaban J connectivity index is 1.55. The summed E-state index contributed by atoms with van der Waals surface area (Å²) < 4.78 is 11.3. The molecule has 7 nitrogen and oxygen atoms in total. The fraction of sp³-hybridized carbons (Fsp3) is 0.179. The van der Waals surface area contributed by atoms with Crippen molar-refractivity contribution in [3.63, 3.8) is 0 Å². The predicted molar refractivity (Wildman–Crippen MR) is 154 cm³/mol. The largest absolute Gasteiger partial charge is 0.459 e. The molecule has 3 heterocycles. The van der Waals surface area contributed by atoms with Crippen molar-refractivity contribution in [2.75, 3.05) is 23.9 Å². The summed E-state index contributed by atoms with van der Waals surface area (Å²) in [7, 11) is 1.48. The van der Waals surface area contributed by atoms with Gasteiger partial charge >= 0.3 is 0 Å². The van der Waals surface area contributed by atoms with Gasteiger partial charge in [-0.1, -0.05) is 29.3 Å². The van der Waals surface area contributed by atoms with Gasteiger partial charge in [0.05, 0.1) is 16.8 Å². The van der Waals surface area contributed by atoms with E-state index in [2.05, 4.69) is 15.6 Å². The number of furan rings is 1. The van der Waals surface area contributed by atoms with Crippen LogP contribution < -0.4 is 15.5 Å². The number of ether oxygens (including phenoxy) is 1. The fourth-order valence-electron chi connectivity index (χ4n) is 4.52. The van der Waals surface area contributed by atoms with Crippen LogP contribution in [0.25, 0.3) is 11.3 Å². The minimum absolute atomic E-state index is 0.0202. The van der Waals surface area contributed by atoms with Crippen molar-refractivity contribution in [2.45, 2.75) is 19.0 Å². The number of carbonyl (C=O) groups is 1. The summed E-state index contributed by atoms with van der Waals surface area (Å²) in [6, 6.07) is 20.0. The highest BCUT2D eigenvalue weighted by Gasteiger charge is 2.42. The number of carbonyl (C=O) groups excluding carboxylic acids is 1. The van der Waals surface area contributed by atoms with Crippen LogP contribution in [0.3, 0.4) is 0 Å². The van der Waals surface area contributed by atoms with Gasteiger partial charge in [0.25, 0.3) is 0 Å². The summed E-state index contributed by atoms with van der Waals surface area (Å²) in [6.07, 6.45) is 1.75. The average Bonchev–Trinajstić information content (AvgIpc) is 3.50. The second kappa shape index (κ2) is 11.1. The Hall–Kier alpha value is -3.43. The van der Waals surface area contributed by atoms with Crippen LogP contribution >= 0.6 is 35.4 Å². The monoisotopic (exact) mass is 566 g/mol. The standard InChI is InChI=1S/C28H24Cl2N4O3S/c1-16-13-18(7-9-21(16)32-25(35)15-36-2)34-27(26(33-28(34)38)22-5-3-4-12-31-22)24-11-10-23(37-24)19-8-6-17(29)14-20(19)30/h3-14,26-27H,15H2,1-2H3,(H,32,35)(H,33,38)/t26-,27-/m1/s1. The van der Waals surface area contributed by atoms with Gasteiger partial charge in [0, 0.05) is 35.3 Å². The number of pyridine rings is 1. The molecule has 4 aromatic rings. The number of nitrogens with zero attached hydrogens (tertiary/aromatic N) is 2. The number of benzene rings is 2. The molecular formula is C28H24Cl2N4O3S. The first-order valence-corrected chi connectivity index (χ1v) is 13.0. The second-order valence-electron chi connectivity index (χ2n) is 8.80.